The molecule has 0 fully saturated rings. The molecule has 3 amide bonds. The number of hydrogen-bond donors (Lipinski definition) is 3. The van der Waals surface area contributed by atoms with E-state index in [2.05, 4.69) is 10.6 Å². The number of nitrogens with one attached hydrogen (secondary N) is 2. The largest absolute Gasteiger partial charge is 0.352 e. The van der Waals surface area contributed by atoms with Crippen molar-refractivity contribution in [2.45, 2.75) is 13.0 Å². The van der Waals surface area contributed by atoms with Crippen molar-refractivity contribution in [2.75, 3.05) is 5.32 Å². The highest BCUT2D eigenvalue weighted by Crippen LogP contribution is 2.14. The molecule has 0 saturated carbocycles. The van der Waals surface area contributed by atoms with Gasteiger partial charge in [0.25, 0.3) is 0 Å². The number of nitrogens with two attached hydrogens (primary N) is 1. The van der Waals surface area contributed by atoms with E-state index in [4.69, 9.17) is 17.3 Å². The average molecular weight is 242 g/mol. The molecule has 1 aromatic carbocycles. The van der Waals surface area contributed by atoms with Gasteiger partial charge in [-0.1, -0.05) is 17.7 Å². The molecular weight excluding hydrogens is 230 g/mol. The molecule has 6 heteroatoms. The molecule has 0 bridgehead atoms. The molecule has 0 heterocycles. The summed E-state index contributed by atoms with van der Waals surface area (Å²) in [6, 6.07) is 5.27. The minimum absolute atomic E-state index is 0.360. The van der Waals surface area contributed by atoms with Gasteiger partial charge >= 0.3 is 6.03 Å². The third kappa shape index (κ3) is 3.78. The Hall–Kier alpha value is -1.75. The molecule has 0 aliphatic carbocycles. The van der Waals surface area contributed by atoms with E-state index >= 15 is 0 Å². The Morgan fingerprint density at radius 2 is 2.12 bits per heavy atom. The van der Waals surface area contributed by atoms with E-state index < -0.39 is 12.1 Å². The maximum atomic E-state index is 11.5. The van der Waals surface area contributed by atoms with Crippen LogP contribution in [-0.2, 0) is 4.79 Å². The van der Waals surface area contributed by atoms with Crippen molar-refractivity contribution < 1.29 is 9.59 Å². The van der Waals surface area contributed by atoms with Crippen LogP contribution in [0.3, 0.4) is 0 Å². The number of amides is 3. The van der Waals surface area contributed by atoms with Crippen molar-refractivity contribution in [3.8, 4) is 0 Å². The average Bonchev–Trinajstić information content (AvgIpc) is 2.16. The van der Waals surface area contributed by atoms with E-state index in [1.165, 1.54) is 6.92 Å². The van der Waals surface area contributed by atoms with Gasteiger partial charge < -0.3 is 16.4 Å². The molecule has 1 atom stereocenters. The van der Waals surface area contributed by atoms with Gasteiger partial charge in [0.1, 0.15) is 6.04 Å². The Labute approximate surface area is 98.0 Å². The fourth-order valence-electron chi connectivity index (χ4n) is 1.10. The molecule has 0 radical (unpaired) electrons. The lowest BCUT2D eigenvalue weighted by atomic mass is 10.2. The Balaban J connectivity index is 2.60. The number of halogens is 1. The smallest absolute Gasteiger partial charge is 0.312 e. The molecule has 16 heavy (non-hydrogen) atoms. The van der Waals surface area contributed by atoms with Crippen LogP contribution in [0.25, 0.3) is 0 Å². The van der Waals surface area contributed by atoms with Crippen LogP contribution in [0.2, 0.25) is 5.02 Å². The van der Waals surface area contributed by atoms with Gasteiger partial charge in [-0.3, -0.25) is 4.79 Å². The standard InChI is InChI=1S/C10H12ClN3O2/c1-6(13-10(12)16)9(15)14-8-4-2-3-7(11)5-8/h2-6H,1H3,(H,14,15)(H3,12,13,16)/t6-/m0/s1. The predicted molar refractivity (Wildman–Crippen MR) is 62.3 cm³/mol. The van der Waals surface area contributed by atoms with E-state index in [1.807, 2.05) is 0 Å². The van der Waals surface area contributed by atoms with Crippen LogP contribution < -0.4 is 16.4 Å². The number of primary amides is 1. The molecule has 0 unspecified atom stereocenters. The summed E-state index contributed by atoms with van der Waals surface area (Å²) in [4.78, 5) is 22.1. The van der Waals surface area contributed by atoms with E-state index in [0.29, 0.717) is 10.7 Å². The number of urea groups is 1. The highest BCUT2D eigenvalue weighted by atomic mass is 35.5. The summed E-state index contributed by atoms with van der Waals surface area (Å²) >= 11 is 5.75. The van der Waals surface area contributed by atoms with Crippen LogP contribution in [-0.4, -0.2) is 18.0 Å². The third-order valence-corrected chi connectivity index (χ3v) is 2.08. The Bertz CT molecular complexity index is 409. The molecule has 1 rings (SSSR count). The second-order valence-electron chi connectivity index (χ2n) is 3.23. The lowest BCUT2D eigenvalue weighted by molar-refractivity contribution is -0.117. The van der Waals surface area contributed by atoms with E-state index in [0.717, 1.165) is 0 Å². The minimum Gasteiger partial charge on any atom is -0.352 e. The van der Waals surface area contributed by atoms with Gasteiger partial charge in [-0.2, -0.15) is 0 Å². The van der Waals surface area contributed by atoms with Crippen LogP contribution in [0.5, 0.6) is 0 Å². The summed E-state index contributed by atoms with van der Waals surface area (Å²) in [5.74, 6) is -0.360. The fraction of sp³-hybridized carbons (Fsp3) is 0.200. The third-order valence-electron chi connectivity index (χ3n) is 1.84. The van der Waals surface area contributed by atoms with Crippen molar-refractivity contribution in [3.05, 3.63) is 29.3 Å². The van der Waals surface area contributed by atoms with Gasteiger partial charge in [0.05, 0.1) is 0 Å². The van der Waals surface area contributed by atoms with Gasteiger partial charge in [0.2, 0.25) is 5.91 Å². The molecule has 0 spiro atoms. The second-order valence-corrected chi connectivity index (χ2v) is 3.67. The van der Waals surface area contributed by atoms with Crippen molar-refractivity contribution in [1.82, 2.24) is 5.32 Å². The van der Waals surface area contributed by atoms with E-state index in [1.54, 1.807) is 24.3 Å². The Morgan fingerprint density at radius 1 is 1.44 bits per heavy atom. The van der Waals surface area contributed by atoms with Crippen molar-refractivity contribution >= 4 is 29.2 Å². The summed E-state index contributed by atoms with van der Waals surface area (Å²) in [5, 5.41) is 5.39. The SMILES string of the molecule is C[C@H](NC(N)=O)C(=O)Nc1cccc(Cl)c1. The molecule has 0 aliphatic rings. The van der Waals surface area contributed by atoms with Gasteiger partial charge in [0.15, 0.2) is 0 Å². The van der Waals surface area contributed by atoms with Gasteiger partial charge in [-0.25, -0.2) is 4.79 Å². The summed E-state index contributed by atoms with van der Waals surface area (Å²) in [6.45, 7) is 1.53. The summed E-state index contributed by atoms with van der Waals surface area (Å²) in [7, 11) is 0. The maximum Gasteiger partial charge on any atom is 0.312 e. The number of anilines is 1. The molecule has 0 aliphatic heterocycles. The molecule has 5 nitrogen and oxygen atoms in total. The van der Waals surface area contributed by atoms with Crippen LogP contribution in [0.4, 0.5) is 10.5 Å². The first kappa shape index (κ1) is 12.3. The fourth-order valence-corrected chi connectivity index (χ4v) is 1.29. The quantitative estimate of drug-likeness (QED) is 0.746. The predicted octanol–water partition coefficient (Wildman–Crippen LogP) is 1.34. The Morgan fingerprint density at radius 3 is 2.69 bits per heavy atom. The Kier molecular flexibility index (Phi) is 4.13. The van der Waals surface area contributed by atoms with Crippen LogP contribution in [0, 0.1) is 0 Å². The molecule has 0 saturated heterocycles. The van der Waals surface area contributed by atoms with Crippen molar-refractivity contribution in [1.29, 1.82) is 0 Å². The summed E-state index contributed by atoms with van der Waals surface area (Å²) < 4.78 is 0. The molecule has 1 aromatic rings. The van der Waals surface area contributed by atoms with Gasteiger partial charge in [-0.15, -0.1) is 0 Å². The van der Waals surface area contributed by atoms with Crippen LogP contribution >= 0.6 is 11.6 Å². The second kappa shape index (κ2) is 5.37. The maximum absolute atomic E-state index is 11.5. The number of rotatable bonds is 3. The number of carbonyl (C=O) groups excluding carboxylic acids is 2. The van der Waals surface area contributed by atoms with E-state index in [9.17, 15) is 9.59 Å². The first-order chi connectivity index (χ1) is 7.49. The normalized spacial score (nSPS) is 11.6. The molecular formula is C10H12ClN3O2. The molecule has 4 N–H and O–H groups in total. The van der Waals surface area contributed by atoms with Crippen molar-refractivity contribution in [3.63, 3.8) is 0 Å². The topological polar surface area (TPSA) is 84.2 Å². The first-order valence-electron chi connectivity index (χ1n) is 4.61. The minimum atomic E-state index is -0.742. The molecule has 86 valence electrons. The zero-order valence-electron chi connectivity index (χ0n) is 8.66. The van der Waals surface area contributed by atoms with E-state index in [-0.39, 0.29) is 5.91 Å². The zero-order valence-corrected chi connectivity index (χ0v) is 9.41. The van der Waals surface area contributed by atoms with Crippen molar-refractivity contribution in [2.24, 2.45) is 5.73 Å². The highest BCUT2D eigenvalue weighted by molar-refractivity contribution is 6.30. The monoisotopic (exact) mass is 241 g/mol. The van der Waals surface area contributed by atoms with Gasteiger partial charge in [-0.05, 0) is 25.1 Å². The number of benzene rings is 1. The lowest BCUT2D eigenvalue weighted by Crippen LogP contribution is -2.44. The van der Waals surface area contributed by atoms with Crippen LogP contribution in [0.15, 0.2) is 24.3 Å². The highest BCUT2D eigenvalue weighted by Gasteiger charge is 2.13. The zero-order chi connectivity index (χ0) is 12.1. The molecule has 0 aromatic heterocycles. The summed E-state index contributed by atoms with van der Waals surface area (Å²) in [6.07, 6.45) is 0. The number of carbonyl (C=O) groups is 2. The summed E-state index contributed by atoms with van der Waals surface area (Å²) in [5.41, 5.74) is 5.46. The van der Waals surface area contributed by atoms with Crippen LogP contribution in [0.1, 0.15) is 6.92 Å². The first-order valence-corrected chi connectivity index (χ1v) is 4.99. The number of hydrogen-bond acceptors (Lipinski definition) is 2. The van der Waals surface area contributed by atoms with Gasteiger partial charge in [0, 0.05) is 10.7 Å². The lowest BCUT2D eigenvalue weighted by Gasteiger charge is -2.12.